The van der Waals surface area contributed by atoms with E-state index in [-0.39, 0.29) is 109 Å². The number of unbranched alkanes of at least 4 members (excludes halogenated alkanes) is 29. The van der Waals surface area contributed by atoms with Crippen molar-refractivity contribution in [3.8, 4) is 0 Å². The summed E-state index contributed by atoms with van der Waals surface area (Å²) >= 11 is 0. The second-order valence-electron chi connectivity index (χ2n) is 25.1. The van der Waals surface area contributed by atoms with E-state index in [1.54, 1.807) is 14.7 Å². The lowest BCUT2D eigenvalue weighted by Gasteiger charge is -2.32. The SMILES string of the molecule is CCCCCCCCCCCCCCCC(=O)OC[C@@H](COP(C)(=O)OCCNC(=O)CCCCCNC(=O)NCCCCCCNC(=O)CN1CCN(CC(=O)O)CCN(CC(=O)O)CCN(CC(=O)O)CC1)OC(=O)CCCCCCCCCCCCCCC. The molecule has 25 heteroatoms. The molecule has 0 aromatic rings. The summed E-state index contributed by atoms with van der Waals surface area (Å²) in [5, 5.41) is 39.7. The van der Waals surface area contributed by atoms with Crippen LogP contribution in [0, 0.1) is 0 Å². The molecule has 1 aliphatic heterocycles. The lowest BCUT2D eigenvalue weighted by molar-refractivity contribution is -0.161. The molecule has 0 radical (unpaired) electrons. The van der Waals surface area contributed by atoms with E-state index in [9.17, 15) is 58.2 Å². The summed E-state index contributed by atoms with van der Waals surface area (Å²) < 4.78 is 35.7. The molecule has 4 amide bonds. The van der Waals surface area contributed by atoms with Crippen molar-refractivity contribution in [3.63, 3.8) is 0 Å². The summed E-state index contributed by atoms with van der Waals surface area (Å²) in [5.41, 5.74) is 0. The smallest absolute Gasteiger partial charge is 0.327 e. The molecular formula is C67H127N8O16P. The zero-order chi connectivity index (χ0) is 67.6. The van der Waals surface area contributed by atoms with Crippen LogP contribution in [-0.2, 0) is 56.6 Å². The molecule has 1 unspecified atom stereocenters. The fourth-order valence-electron chi connectivity index (χ4n) is 10.9. The van der Waals surface area contributed by atoms with Gasteiger partial charge in [0.25, 0.3) is 0 Å². The number of nitrogens with zero attached hydrogens (tertiary/aromatic N) is 4. The number of nitrogens with one attached hydrogen (secondary N) is 4. The van der Waals surface area contributed by atoms with Gasteiger partial charge in [-0.05, 0) is 38.5 Å². The van der Waals surface area contributed by atoms with Gasteiger partial charge in [-0.15, -0.1) is 0 Å². The molecule has 1 saturated heterocycles. The van der Waals surface area contributed by atoms with Crippen LogP contribution in [-0.4, -0.2) is 220 Å². The number of ether oxygens (including phenoxy) is 2. The number of carbonyl (C=O) groups is 8. The van der Waals surface area contributed by atoms with Gasteiger partial charge in [-0.25, -0.2) is 4.79 Å². The highest BCUT2D eigenvalue weighted by molar-refractivity contribution is 7.52. The number of aliphatic carboxylic acids is 3. The Morgan fingerprint density at radius 3 is 1.11 bits per heavy atom. The van der Waals surface area contributed by atoms with Gasteiger partial charge in [0, 0.05) is 104 Å². The Morgan fingerprint density at radius 2 is 0.707 bits per heavy atom. The molecule has 0 aromatic carbocycles. The van der Waals surface area contributed by atoms with E-state index in [1.165, 1.54) is 122 Å². The summed E-state index contributed by atoms with van der Waals surface area (Å²) in [4.78, 5) is 105. The Labute approximate surface area is 553 Å². The van der Waals surface area contributed by atoms with Crippen LogP contribution < -0.4 is 21.3 Å². The van der Waals surface area contributed by atoms with Gasteiger partial charge in [-0.3, -0.25) is 57.7 Å². The molecule has 1 heterocycles. The molecule has 0 aromatic heterocycles. The van der Waals surface area contributed by atoms with Crippen molar-refractivity contribution in [3.05, 3.63) is 0 Å². The molecule has 0 spiro atoms. The van der Waals surface area contributed by atoms with E-state index in [2.05, 4.69) is 35.1 Å². The minimum absolute atomic E-state index is 0.0493. The number of hydrogen-bond donors (Lipinski definition) is 7. The molecular weight excluding hydrogens is 1200 g/mol. The van der Waals surface area contributed by atoms with E-state index in [1.807, 2.05) is 4.90 Å². The predicted molar refractivity (Wildman–Crippen MR) is 360 cm³/mol. The van der Waals surface area contributed by atoms with Crippen molar-refractivity contribution in [1.29, 1.82) is 0 Å². The van der Waals surface area contributed by atoms with Crippen molar-refractivity contribution >= 4 is 55.3 Å². The monoisotopic (exact) mass is 1330 g/mol. The van der Waals surface area contributed by atoms with Crippen molar-refractivity contribution < 1.29 is 76.8 Å². The first-order valence-electron chi connectivity index (χ1n) is 35.7. The first-order valence-corrected chi connectivity index (χ1v) is 37.7. The third-order valence-corrected chi connectivity index (χ3v) is 17.7. The summed E-state index contributed by atoms with van der Waals surface area (Å²) in [6, 6.07) is -0.276. The van der Waals surface area contributed by atoms with Gasteiger partial charge in [0.05, 0.1) is 39.4 Å². The maximum absolute atomic E-state index is 13.3. The molecule has 24 nitrogen and oxygen atoms in total. The fourth-order valence-corrected chi connectivity index (χ4v) is 11.8. The van der Waals surface area contributed by atoms with Gasteiger partial charge in [-0.1, -0.05) is 187 Å². The summed E-state index contributed by atoms with van der Waals surface area (Å²) in [6.07, 6.45) is 36.1. The third-order valence-electron chi connectivity index (χ3n) is 16.4. The minimum atomic E-state index is -3.64. The van der Waals surface area contributed by atoms with Gasteiger partial charge in [0.15, 0.2) is 6.10 Å². The quantitative estimate of drug-likeness (QED) is 0.0169. The van der Waals surface area contributed by atoms with Crippen molar-refractivity contribution in [1.82, 2.24) is 40.9 Å². The van der Waals surface area contributed by atoms with Crippen LogP contribution in [0.4, 0.5) is 4.79 Å². The number of carboxylic acid groups (broad SMARTS) is 3. The van der Waals surface area contributed by atoms with Crippen molar-refractivity contribution in [2.24, 2.45) is 0 Å². The lowest BCUT2D eigenvalue weighted by Crippen LogP contribution is -2.49. The largest absolute Gasteiger partial charge is 0.480 e. The van der Waals surface area contributed by atoms with E-state index in [0.717, 1.165) is 70.6 Å². The van der Waals surface area contributed by atoms with Crippen LogP contribution in [0.2, 0.25) is 0 Å². The second-order valence-corrected chi connectivity index (χ2v) is 27.1. The first kappa shape index (κ1) is 85.6. The molecule has 0 saturated carbocycles. The molecule has 1 rings (SSSR count). The number of amides is 4. The van der Waals surface area contributed by atoms with Gasteiger partial charge < -0.3 is 55.1 Å². The maximum atomic E-state index is 13.3. The van der Waals surface area contributed by atoms with Crippen LogP contribution in [0.25, 0.3) is 0 Å². The molecule has 7 N–H and O–H groups in total. The van der Waals surface area contributed by atoms with Crippen LogP contribution in [0.1, 0.15) is 245 Å². The molecule has 536 valence electrons. The van der Waals surface area contributed by atoms with Gasteiger partial charge in [-0.2, -0.15) is 0 Å². The molecule has 0 bridgehead atoms. The number of rotatable bonds is 59. The van der Waals surface area contributed by atoms with Crippen LogP contribution in [0.5, 0.6) is 0 Å². The Morgan fingerprint density at radius 1 is 0.380 bits per heavy atom. The molecule has 92 heavy (non-hydrogen) atoms. The highest BCUT2D eigenvalue weighted by Crippen LogP contribution is 2.43. The zero-order valence-electron chi connectivity index (χ0n) is 57.4. The van der Waals surface area contributed by atoms with Gasteiger partial charge in [0.2, 0.25) is 11.8 Å². The second kappa shape index (κ2) is 59.1. The maximum Gasteiger partial charge on any atom is 0.327 e. The predicted octanol–water partition coefficient (Wildman–Crippen LogP) is 10.4. The van der Waals surface area contributed by atoms with Crippen LogP contribution >= 0.6 is 7.60 Å². The summed E-state index contributed by atoms with van der Waals surface area (Å²) in [5.74, 6) is -4.26. The van der Waals surface area contributed by atoms with E-state index >= 15 is 0 Å². The Bertz CT molecular complexity index is 1960. The number of hydrogen-bond acceptors (Lipinski definition) is 17. The standard InChI is InChI=1S/C67H127N8O16P/c1-4-6-8-10-12-14-16-18-20-22-24-26-32-38-65(84)88-57-59(91-66(85)39-33-27-25-23-21-19-17-15-13-11-9-7-5-2)58-90-92(3,87)89-52-43-69-60(76)37-31-30-36-42-71-67(86)70-41-35-29-28-34-40-68-61(77)53-72-44-46-73(54-62(78)79)48-50-75(56-64(82)83)51-49-74(47-45-72)55-63(80)81/h59H,4-58H2,1-3H3,(H,68,77)(H,69,76)(H,78,79)(H,80,81)(H,82,83)(H2,70,71,86)/t59-,92?/m0/s1. The minimum Gasteiger partial charge on any atom is -0.480 e. The van der Waals surface area contributed by atoms with Crippen LogP contribution in [0.15, 0.2) is 0 Å². The molecule has 2 atom stereocenters. The molecule has 1 fully saturated rings. The lowest BCUT2D eigenvalue weighted by atomic mass is 10.0. The van der Waals surface area contributed by atoms with Crippen LogP contribution in [0.3, 0.4) is 0 Å². The normalized spacial score (nSPS) is 14.9. The molecule has 0 aliphatic carbocycles. The average molecular weight is 1330 g/mol. The number of carboxylic acids is 3. The highest BCUT2D eigenvalue weighted by atomic mass is 31.2. The average Bonchev–Trinajstić information content (AvgIpc) is 2.22. The summed E-state index contributed by atoms with van der Waals surface area (Å²) in [6.45, 7) is 8.56. The van der Waals surface area contributed by atoms with E-state index in [4.69, 9.17) is 18.5 Å². The Balaban J connectivity index is 2.35. The highest BCUT2D eigenvalue weighted by Gasteiger charge is 2.25. The van der Waals surface area contributed by atoms with E-state index < -0.39 is 37.6 Å². The molecule has 1 aliphatic rings. The number of carbonyl (C=O) groups excluding carboxylic acids is 5. The Hall–Kier alpha value is -4.45. The van der Waals surface area contributed by atoms with E-state index in [0.29, 0.717) is 84.6 Å². The third kappa shape index (κ3) is 55.9. The topological polar surface area (TPSA) is 312 Å². The number of esters is 2. The van der Waals surface area contributed by atoms with Gasteiger partial charge >= 0.3 is 43.5 Å². The first-order chi connectivity index (χ1) is 44.4. The zero-order valence-corrected chi connectivity index (χ0v) is 58.2. The van der Waals surface area contributed by atoms with Crippen molar-refractivity contribution in [2.45, 2.75) is 251 Å². The fraction of sp³-hybridized carbons (Fsp3) is 0.881. The van der Waals surface area contributed by atoms with Crippen molar-refractivity contribution in [2.75, 3.05) is 131 Å². The Kier molecular flexibility index (Phi) is 54.9. The van der Waals surface area contributed by atoms with Gasteiger partial charge in [0.1, 0.15) is 6.61 Å². The summed E-state index contributed by atoms with van der Waals surface area (Å²) in [7, 11) is -3.64. The number of urea groups is 1.